The van der Waals surface area contributed by atoms with Crippen molar-refractivity contribution in [2.45, 2.75) is 12.0 Å². The van der Waals surface area contributed by atoms with E-state index in [9.17, 15) is 0 Å². The molecule has 1 aromatic heterocycles. The molecule has 0 bridgehead atoms. The fraction of sp³-hybridized carbons (Fsp3) is 0.0714. The number of para-hydroxylation sites is 2. The fourth-order valence-electron chi connectivity index (χ4n) is 4.88. The van der Waals surface area contributed by atoms with Crippen molar-refractivity contribution in [3.8, 4) is 11.1 Å². The second-order valence-corrected chi connectivity index (χ2v) is 8.42. The maximum atomic E-state index is 6.72. The topological polar surface area (TPSA) is 93.1 Å². The molecule has 2 heterocycles. The maximum absolute atomic E-state index is 6.72. The first kappa shape index (κ1) is 20.1. The van der Waals surface area contributed by atoms with Gasteiger partial charge in [0.25, 0.3) is 0 Å². The summed E-state index contributed by atoms with van der Waals surface area (Å²) in [5.41, 5.74) is 18.7. The third-order valence-corrected chi connectivity index (χ3v) is 6.40. The zero-order valence-electron chi connectivity index (χ0n) is 18.5. The summed E-state index contributed by atoms with van der Waals surface area (Å²) in [7, 11) is 0. The van der Waals surface area contributed by atoms with Crippen LogP contribution < -0.4 is 21.7 Å². The van der Waals surface area contributed by atoms with Gasteiger partial charge in [-0.05, 0) is 23.3 Å². The molecule has 0 saturated heterocycles. The van der Waals surface area contributed by atoms with Gasteiger partial charge in [0.05, 0.1) is 6.04 Å². The van der Waals surface area contributed by atoms with E-state index in [0.29, 0.717) is 17.3 Å². The molecule has 0 saturated carbocycles. The van der Waals surface area contributed by atoms with Gasteiger partial charge in [0.2, 0.25) is 5.95 Å². The molecule has 2 aliphatic rings. The molecule has 0 amide bonds. The standard InChI is InChI=1S/C28H24N6/c29-25-26(31-22-15-7-4-12-19(22)18-10-2-1-3-11-18)32-28(30)33-27(25)34-23-16-8-5-13-20(23)21-14-6-9-17-24(21)34/h1-17,20,23H,29H2,(H3,30,31,32,33). The zero-order valence-corrected chi connectivity index (χ0v) is 18.5. The molecule has 1 aliphatic heterocycles. The average molecular weight is 445 g/mol. The molecular formula is C28H24N6. The largest absolute Gasteiger partial charge is 0.393 e. The molecular weight excluding hydrogens is 420 g/mol. The normalized spacial score (nSPS) is 17.9. The van der Waals surface area contributed by atoms with E-state index in [4.69, 9.17) is 11.5 Å². The number of benzene rings is 3. The van der Waals surface area contributed by atoms with E-state index in [1.54, 1.807) is 0 Å². The molecule has 0 fully saturated rings. The Hall–Kier alpha value is -4.58. The number of nitrogens with one attached hydrogen (secondary N) is 1. The lowest BCUT2D eigenvalue weighted by atomic mass is 9.91. The molecule has 4 aromatic rings. The summed E-state index contributed by atoms with van der Waals surface area (Å²) >= 11 is 0. The highest BCUT2D eigenvalue weighted by Gasteiger charge is 2.39. The quantitative estimate of drug-likeness (QED) is 0.369. The van der Waals surface area contributed by atoms with Gasteiger partial charge >= 0.3 is 0 Å². The molecule has 6 nitrogen and oxygen atoms in total. The Labute approximate surface area is 198 Å². The Kier molecular flexibility index (Phi) is 4.77. The minimum atomic E-state index is 0.0726. The van der Waals surface area contributed by atoms with Crippen LogP contribution in [0.5, 0.6) is 0 Å². The van der Waals surface area contributed by atoms with Crippen LogP contribution in [0, 0.1) is 0 Å². The first-order chi connectivity index (χ1) is 16.7. The van der Waals surface area contributed by atoms with Gasteiger partial charge in [-0.15, -0.1) is 0 Å². The minimum Gasteiger partial charge on any atom is -0.393 e. The Morgan fingerprint density at radius 1 is 0.765 bits per heavy atom. The van der Waals surface area contributed by atoms with Crippen molar-refractivity contribution in [1.29, 1.82) is 0 Å². The minimum absolute atomic E-state index is 0.0726. The van der Waals surface area contributed by atoms with Gasteiger partial charge in [0, 0.05) is 22.9 Å². The molecule has 5 N–H and O–H groups in total. The van der Waals surface area contributed by atoms with Gasteiger partial charge in [0.15, 0.2) is 11.6 Å². The van der Waals surface area contributed by atoms with Crippen molar-refractivity contribution >= 4 is 34.6 Å². The van der Waals surface area contributed by atoms with Crippen molar-refractivity contribution in [3.63, 3.8) is 0 Å². The summed E-state index contributed by atoms with van der Waals surface area (Å²) in [4.78, 5) is 11.2. The van der Waals surface area contributed by atoms with Gasteiger partial charge in [-0.2, -0.15) is 9.97 Å². The van der Waals surface area contributed by atoms with Crippen LogP contribution in [0.15, 0.2) is 103 Å². The highest BCUT2D eigenvalue weighted by atomic mass is 15.3. The van der Waals surface area contributed by atoms with Crippen molar-refractivity contribution < 1.29 is 0 Å². The number of hydrogen-bond donors (Lipinski definition) is 3. The average Bonchev–Trinajstić information content (AvgIpc) is 3.21. The first-order valence-corrected chi connectivity index (χ1v) is 11.3. The van der Waals surface area contributed by atoms with Crippen LogP contribution in [-0.2, 0) is 0 Å². The number of nitrogens with zero attached hydrogens (tertiary/aromatic N) is 3. The van der Waals surface area contributed by atoms with Gasteiger partial charge in [-0.3, -0.25) is 0 Å². The number of nitrogen functional groups attached to an aromatic ring is 2. The van der Waals surface area contributed by atoms with E-state index >= 15 is 0 Å². The van der Waals surface area contributed by atoms with Crippen molar-refractivity contribution in [2.24, 2.45) is 0 Å². The van der Waals surface area contributed by atoms with Gasteiger partial charge in [-0.25, -0.2) is 0 Å². The van der Waals surface area contributed by atoms with E-state index in [1.807, 2.05) is 42.5 Å². The number of anilines is 6. The molecule has 166 valence electrons. The Balaban J connectivity index is 1.45. The summed E-state index contributed by atoms with van der Waals surface area (Å²) in [6, 6.07) is 26.7. The molecule has 0 spiro atoms. The van der Waals surface area contributed by atoms with Crippen LogP contribution in [0.2, 0.25) is 0 Å². The molecule has 34 heavy (non-hydrogen) atoms. The number of hydrogen-bond acceptors (Lipinski definition) is 6. The van der Waals surface area contributed by atoms with Crippen LogP contribution in [0.3, 0.4) is 0 Å². The Bertz CT molecular complexity index is 1430. The van der Waals surface area contributed by atoms with Gasteiger partial charge in [-0.1, -0.05) is 91.0 Å². The van der Waals surface area contributed by atoms with E-state index in [1.165, 1.54) is 5.56 Å². The summed E-state index contributed by atoms with van der Waals surface area (Å²) in [6.45, 7) is 0. The van der Waals surface area contributed by atoms with Crippen molar-refractivity contribution in [3.05, 3.63) is 109 Å². The zero-order chi connectivity index (χ0) is 23.1. The number of aromatic nitrogens is 2. The van der Waals surface area contributed by atoms with E-state index in [0.717, 1.165) is 22.5 Å². The third-order valence-electron chi connectivity index (χ3n) is 6.40. The first-order valence-electron chi connectivity index (χ1n) is 11.3. The number of rotatable bonds is 4. The van der Waals surface area contributed by atoms with Crippen LogP contribution >= 0.6 is 0 Å². The highest BCUT2D eigenvalue weighted by molar-refractivity contribution is 5.89. The third kappa shape index (κ3) is 3.28. The fourth-order valence-corrected chi connectivity index (χ4v) is 4.88. The summed E-state index contributed by atoms with van der Waals surface area (Å²) in [6.07, 6.45) is 8.56. The summed E-state index contributed by atoms with van der Waals surface area (Å²) in [5.74, 6) is 1.49. The SMILES string of the molecule is Nc1nc(Nc2ccccc2-c2ccccc2)c(N)c(N2c3ccccc3C3C=CC=CC32)n1. The summed E-state index contributed by atoms with van der Waals surface area (Å²) < 4.78 is 0. The predicted molar refractivity (Wildman–Crippen MR) is 139 cm³/mol. The monoisotopic (exact) mass is 444 g/mol. The molecule has 1 aliphatic carbocycles. The number of fused-ring (bicyclic) bond motifs is 3. The molecule has 0 radical (unpaired) electrons. The Morgan fingerprint density at radius 2 is 1.50 bits per heavy atom. The van der Waals surface area contributed by atoms with Crippen LogP contribution in [0.1, 0.15) is 11.5 Å². The maximum Gasteiger partial charge on any atom is 0.224 e. The van der Waals surface area contributed by atoms with Crippen molar-refractivity contribution in [1.82, 2.24) is 9.97 Å². The lowest BCUT2D eigenvalue weighted by Crippen LogP contribution is -2.30. The highest BCUT2D eigenvalue weighted by Crippen LogP contribution is 2.49. The predicted octanol–water partition coefficient (Wildman–Crippen LogP) is 5.78. The van der Waals surface area contributed by atoms with Crippen LogP contribution in [0.25, 0.3) is 11.1 Å². The molecule has 6 heteroatoms. The smallest absolute Gasteiger partial charge is 0.224 e. The molecule has 6 rings (SSSR count). The van der Waals surface area contributed by atoms with Crippen LogP contribution in [0.4, 0.5) is 34.6 Å². The lowest BCUT2D eigenvalue weighted by Gasteiger charge is -2.29. The molecule has 2 unspecified atom stereocenters. The van der Waals surface area contributed by atoms with E-state index in [2.05, 4.69) is 80.9 Å². The van der Waals surface area contributed by atoms with Crippen LogP contribution in [-0.4, -0.2) is 16.0 Å². The molecule has 3 aromatic carbocycles. The molecule has 2 atom stereocenters. The second kappa shape index (κ2) is 8.08. The Morgan fingerprint density at radius 3 is 2.38 bits per heavy atom. The number of allylic oxidation sites excluding steroid dienone is 2. The van der Waals surface area contributed by atoms with Gasteiger partial charge < -0.3 is 21.7 Å². The lowest BCUT2D eigenvalue weighted by molar-refractivity contribution is 0.738. The van der Waals surface area contributed by atoms with E-state index in [-0.39, 0.29) is 17.9 Å². The second-order valence-electron chi connectivity index (χ2n) is 8.42. The van der Waals surface area contributed by atoms with Crippen molar-refractivity contribution in [2.75, 3.05) is 21.7 Å². The van der Waals surface area contributed by atoms with E-state index < -0.39 is 0 Å². The number of nitrogens with two attached hydrogens (primary N) is 2. The summed E-state index contributed by atoms with van der Waals surface area (Å²) in [5, 5.41) is 3.43. The van der Waals surface area contributed by atoms with Gasteiger partial charge in [0.1, 0.15) is 5.69 Å².